The minimum atomic E-state index is -3.25. The molecule has 120 valence electrons. The lowest BCUT2D eigenvalue weighted by molar-refractivity contribution is 0.102. The average molecular weight is 331 g/mol. The molecule has 0 radical (unpaired) electrons. The van der Waals surface area contributed by atoms with Crippen LogP contribution in [0.4, 0.5) is 5.69 Å². The zero-order chi connectivity index (χ0) is 16.9. The monoisotopic (exact) mass is 331 g/mol. The van der Waals surface area contributed by atoms with Crippen LogP contribution >= 0.6 is 0 Å². The molecule has 1 amide bonds. The van der Waals surface area contributed by atoms with Gasteiger partial charge in [-0.1, -0.05) is 12.7 Å². The van der Waals surface area contributed by atoms with Crippen LogP contribution in [0.15, 0.2) is 66.1 Å². The van der Waals surface area contributed by atoms with Crippen molar-refractivity contribution in [2.75, 3.05) is 18.2 Å². The molecule has 0 atom stereocenters. The summed E-state index contributed by atoms with van der Waals surface area (Å²) in [6.07, 6.45) is 2.78. The van der Waals surface area contributed by atoms with Gasteiger partial charge in [0.05, 0.1) is 4.90 Å². The molecular formula is C17H17NO4S. The number of sulfone groups is 1. The number of amides is 1. The Bertz CT molecular complexity index is 793. The van der Waals surface area contributed by atoms with E-state index in [0.29, 0.717) is 23.6 Å². The summed E-state index contributed by atoms with van der Waals surface area (Å²) >= 11 is 0. The Morgan fingerprint density at radius 2 is 1.74 bits per heavy atom. The molecule has 0 aliphatic carbocycles. The molecule has 0 spiro atoms. The van der Waals surface area contributed by atoms with Crippen LogP contribution in [0, 0.1) is 0 Å². The number of hydrogen-bond donors (Lipinski definition) is 1. The smallest absolute Gasteiger partial charge is 0.255 e. The molecule has 5 nitrogen and oxygen atoms in total. The highest BCUT2D eigenvalue weighted by molar-refractivity contribution is 7.90. The van der Waals surface area contributed by atoms with Gasteiger partial charge in [0, 0.05) is 17.5 Å². The van der Waals surface area contributed by atoms with Gasteiger partial charge in [0.15, 0.2) is 9.84 Å². The van der Waals surface area contributed by atoms with E-state index in [1.807, 2.05) is 0 Å². The first-order chi connectivity index (χ1) is 10.9. The van der Waals surface area contributed by atoms with Crippen LogP contribution in [-0.2, 0) is 9.84 Å². The summed E-state index contributed by atoms with van der Waals surface area (Å²) in [7, 11) is -3.25. The van der Waals surface area contributed by atoms with Crippen molar-refractivity contribution in [1.29, 1.82) is 0 Å². The average Bonchev–Trinajstić information content (AvgIpc) is 2.53. The second-order valence-electron chi connectivity index (χ2n) is 4.87. The number of rotatable bonds is 6. The molecule has 6 heteroatoms. The van der Waals surface area contributed by atoms with Gasteiger partial charge in [-0.15, -0.1) is 0 Å². The molecule has 0 aromatic heterocycles. The lowest BCUT2D eigenvalue weighted by Crippen LogP contribution is -2.11. The molecule has 0 heterocycles. The van der Waals surface area contributed by atoms with Gasteiger partial charge in [0.1, 0.15) is 12.4 Å². The van der Waals surface area contributed by atoms with E-state index >= 15 is 0 Å². The van der Waals surface area contributed by atoms with Crippen LogP contribution in [0.1, 0.15) is 10.4 Å². The van der Waals surface area contributed by atoms with Crippen molar-refractivity contribution in [3.63, 3.8) is 0 Å². The normalized spacial score (nSPS) is 10.8. The highest BCUT2D eigenvalue weighted by atomic mass is 32.2. The number of benzene rings is 2. The van der Waals surface area contributed by atoms with Gasteiger partial charge >= 0.3 is 0 Å². The quantitative estimate of drug-likeness (QED) is 0.826. The third kappa shape index (κ3) is 4.69. The van der Waals surface area contributed by atoms with E-state index in [-0.39, 0.29) is 10.8 Å². The van der Waals surface area contributed by atoms with Crippen molar-refractivity contribution < 1.29 is 17.9 Å². The number of nitrogens with one attached hydrogen (secondary N) is 1. The third-order valence-corrected chi connectivity index (χ3v) is 4.15. The molecule has 2 rings (SSSR count). The SMILES string of the molecule is C=CCOc1ccc(C(=O)Nc2ccc(S(C)(=O)=O)cc2)cc1. The van der Waals surface area contributed by atoms with Gasteiger partial charge in [-0.2, -0.15) is 0 Å². The molecule has 0 saturated heterocycles. The van der Waals surface area contributed by atoms with Crippen LogP contribution in [0.5, 0.6) is 5.75 Å². The lowest BCUT2D eigenvalue weighted by Gasteiger charge is -2.07. The summed E-state index contributed by atoms with van der Waals surface area (Å²) in [5.74, 6) is 0.367. The second-order valence-corrected chi connectivity index (χ2v) is 6.89. The van der Waals surface area contributed by atoms with E-state index < -0.39 is 9.84 Å². The van der Waals surface area contributed by atoms with Crippen LogP contribution in [0.25, 0.3) is 0 Å². The van der Waals surface area contributed by atoms with Gasteiger partial charge < -0.3 is 10.1 Å². The first-order valence-corrected chi connectivity index (χ1v) is 8.74. The van der Waals surface area contributed by atoms with E-state index in [2.05, 4.69) is 11.9 Å². The summed E-state index contributed by atoms with van der Waals surface area (Å²) in [5.41, 5.74) is 0.998. The Balaban J connectivity index is 2.05. The molecule has 0 saturated carbocycles. The first kappa shape index (κ1) is 16.8. The van der Waals surface area contributed by atoms with Gasteiger partial charge in [-0.25, -0.2) is 8.42 Å². The van der Waals surface area contributed by atoms with Gasteiger partial charge in [0.25, 0.3) is 5.91 Å². The zero-order valence-corrected chi connectivity index (χ0v) is 13.5. The van der Waals surface area contributed by atoms with Crippen molar-refractivity contribution >= 4 is 21.4 Å². The Hall–Kier alpha value is -2.60. The minimum Gasteiger partial charge on any atom is -0.490 e. The predicted octanol–water partition coefficient (Wildman–Crippen LogP) is 2.91. The van der Waals surface area contributed by atoms with Crippen molar-refractivity contribution in [3.05, 3.63) is 66.7 Å². The Labute approximate surface area is 135 Å². The molecule has 0 aliphatic heterocycles. The molecule has 0 unspecified atom stereocenters. The molecular weight excluding hydrogens is 314 g/mol. The summed E-state index contributed by atoms with van der Waals surface area (Å²) in [6.45, 7) is 3.96. The second kappa shape index (κ2) is 7.11. The summed E-state index contributed by atoms with van der Waals surface area (Å²) in [6, 6.07) is 12.7. The summed E-state index contributed by atoms with van der Waals surface area (Å²) in [5, 5.41) is 2.71. The number of ether oxygens (including phenoxy) is 1. The minimum absolute atomic E-state index is 0.208. The Morgan fingerprint density at radius 3 is 2.26 bits per heavy atom. The fraction of sp³-hybridized carbons (Fsp3) is 0.118. The maximum atomic E-state index is 12.1. The highest BCUT2D eigenvalue weighted by Crippen LogP contribution is 2.16. The fourth-order valence-corrected chi connectivity index (χ4v) is 2.48. The Kier molecular flexibility index (Phi) is 5.18. The molecule has 0 bridgehead atoms. The molecule has 0 fully saturated rings. The first-order valence-electron chi connectivity index (χ1n) is 6.85. The maximum Gasteiger partial charge on any atom is 0.255 e. The largest absolute Gasteiger partial charge is 0.490 e. The third-order valence-electron chi connectivity index (χ3n) is 3.02. The van der Waals surface area contributed by atoms with Gasteiger partial charge in [-0.05, 0) is 48.5 Å². The summed E-state index contributed by atoms with van der Waals surface area (Å²) in [4.78, 5) is 12.3. The standard InChI is InChI=1S/C17H17NO4S/c1-3-12-22-15-8-4-13(5-9-15)17(19)18-14-6-10-16(11-7-14)23(2,20)21/h3-11H,1,12H2,2H3,(H,18,19). The number of carbonyl (C=O) groups excluding carboxylic acids is 1. The molecule has 2 aromatic carbocycles. The lowest BCUT2D eigenvalue weighted by atomic mass is 10.2. The number of anilines is 1. The van der Waals surface area contributed by atoms with Crippen molar-refractivity contribution in [1.82, 2.24) is 0 Å². The van der Waals surface area contributed by atoms with Crippen LogP contribution < -0.4 is 10.1 Å². The van der Waals surface area contributed by atoms with Crippen molar-refractivity contribution in [2.45, 2.75) is 4.90 Å². The van der Waals surface area contributed by atoms with E-state index in [1.54, 1.807) is 42.5 Å². The van der Waals surface area contributed by atoms with E-state index in [4.69, 9.17) is 4.74 Å². The van der Waals surface area contributed by atoms with Gasteiger partial charge in [0.2, 0.25) is 0 Å². The van der Waals surface area contributed by atoms with Crippen LogP contribution in [0.2, 0.25) is 0 Å². The van der Waals surface area contributed by atoms with Crippen LogP contribution in [0.3, 0.4) is 0 Å². The summed E-state index contributed by atoms with van der Waals surface area (Å²) < 4.78 is 28.1. The maximum absolute atomic E-state index is 12.1. The molecule has 23 heavy (non-hydrogen) atoms. The van der Waals surface area contributed by atoms with E-state index in [9.17, 15) is 13.2 Å². The predicted molar refractivity (Wildman–Crippen MR) is 89.6 cm³/mol. The molecule has 1 N–H and O–H groups in total. The van der Waals surface area contributed by atoms with Crippen molar-refractivity contribution in [3.8, 4) is 5.75 Å². The van der Waals surface area contributed by atoms with E-state index in [1.165, 1.54) is 12.1 Å². The number of carbonyl (C=O) groups is 1. The Morgan fingerprint density at radius 1 is 1.13 bits per heavy atom. The molecule has 2 aromatic rings. The zero-order valence-electron chi connectivity index (χ0n) is 12.7. The topological polar surface area (TPSA) is 72.5 Å². The highest BCUT2D eigenvalue weighted by Gasteiger charge is 2.09. The van der Waals surface area contributed by atoms with Gasteiger partial charge in [-0.3, -0.25) is 4.79 Å². The van der Waals surface area contributed by atoms with E-state index in [0.717, 1.165) is 6.26 Å². The fourth-order valence-electron chi connectivity index (χ4n) is 1.85. The number of hydrogen-bond acceptors (Lipinski definition) is 4. The van der Waals surface area contributed by atoms with Crippen molar-refractivity contribution in [2.24, 2.45) is 0 Å². The van der Waals surface area contributed by atoms with Crippen LogP contribution in [-0.4, -0.2) is 27.2 Å². The molecule has 0 aliphatic rings.